The lowest BCUT2D eigenvalue weighted by Crippen LogP contribution is -2.42. The summed E-state index contributed by atoms with van der Waals surface area (Å²) in [6.45, 7) is 2.82. The Bertz CT molecular complexity index is 873. The maximum absolute atomic E-state index is 4.69. The van der Waals surface area contributed by atoms with E-state index in [0.29, 0.717) is 12.6 Å². The van der Waals surface area contributed by atoms with Crippen molar-refractivity contribution in [3.8, 4) is 0 Å². The number of aryl methyl sites for hydroxylation is 2. The number of halogens is 1. The molecular weight excluding hydrogens is 449 g/mol. The number of guanidine groups is 1. The van der Waals surface area contributed by atoms with Gasteiger partial charge in [-0.1, -0.05) is 42.5 Å². The molecule has 2 N–H and O–H groups in total. The van der Waals surface area contributed by atoms with E-state index >= 15 is 0 Å². The molecular formula is C21H28IN5. The van der Waals surface area contributed by atoms with Crippen LogP contribution in [0.25, 0.3) is 11.0 Å². The number of hydrogen-bond acceptors (Lipinski definition) is 2. The molecule has 0 aliphatic rings. The average Bonchev–Trinajstić information content (AvgIpc) is 3.00. The zero-order valence-electron chi connectivity index (χ0n) is 16.1. The lowest BCUT2D eigenvalue weighted by Gasteiger charge is -2.18. The maximum atomic E-state index is 4.69. The van der Waals surface area contributed by atoms with Crippen LogP contribution < -0.4 is 10.6 Å². The summed E-state index contributed by atoms with van der Waals surface area (Å²) in [6.07, 6.45) is 2.10. The van der Waals surface area contributed by atoms with Gasteiger partial charge in [0.05, 0.1) is 17.6 Å². The van der Waals surface area contributed by atoms with Crippen LogP contribution in [0.15, 0.2) is 59.6 Å². The molecule has 2 aromatic carbocycles. The molecule has 1 atom stereocenters. The van der Waals surface area contributed by atoms with Crippen LogP contribution in [-0.4, -0.2) is 28.6 Å². The van der Waals surface area contributed by atoms with Crippen molar-refractivity contribution in [3.05, 3.63) is 66.0 Å². The first-order valence-electron chi connectivity index (χ1n) is 9.09. The summed E-state index contributed by atoms with van der Waals surface area (Å²) in [5.41, 5.74) is 3.53. The first-order valence-corrected chi connectivity index (χ1v) is 9.09. The Balaban J connectivity index is 0.00000261. The van der Waals surface area contributed by atoms with Crippen molar-refractivity contribution in [2.45, 2.75) is 32.4 Å². The fourth-order valence-electron chi connectivity index (χ4n) is 3.04. The smallest absolute Gasteiger partial charge is 0.191 e. The summed E-state index contributed by atoms with van der Waals surface area (Å²) in [4.78, 5) is 9.03. The Morgan fingerprint density at radius 2 is 1.81 bits per heavy atom. The van der Waals surface area contributed by atoms with E-state index in [1.54, 1.807) is 7.05 Å². The number of aromatic nitrogens is 2. The first-order chi connectivity index (χ1) is 12.7. The lowest BCUT2D eigenvalue weighted by atomic mass is 10.1. The second-order valence-electron chi connectivity index (χ2n) is 6.57. The van der Waals surface area contributed by atoms with Crippen LogP contribution in [-0.2, 0) is 20.0 Å². The van der Waals surface area contributed by atoms with Gasteiger partial charge in [0.2, 0.25) is 0 Å². The van der Waals surface area contributed by atoms with Crippen molar-refractivity contribution in [1.82, 2.24) is 20.2 Å². The topological polar surface area (TPSA) is 54.2 Å². The van der Waals surface area contributed by atoms with E-state index in [1.165, 1.54) is 5.56 Å². The van der Waals surface area contributed by atoms with Crippen LogP contribution in [0.2, 0.25) is 0 Å². The highest BCUT2D eigenvalue weighted by Crippen LogP contribution is 2.13. The third kappa shape index (κ3) is 5.69. The van der Waals surface area contributed by atoms with Crippen molar-refractivity contribution >= 4 is 41.0 Å². The van der Waals surface area contributed by atoms with Crippen molar-refractivity contribution < 1.29 is 0 Å². The molecule has 27 heavy (non-hydrogen) atoms. The molecule has 1 aromatic heterocycles. The molecule has 144 valence electrons. The van der Waals surface area contributed by atoms with Crippen LogP contribution in [0, 0.1) is 0 Å². The highest BCUT2D eigenvalue weighted by Gasteiger charge is 2.09. The van der Waals surface area contributed by atoms with Crippen LogP contribution in [0.1, 0.15) is 24.7 Å². The molecule has 5 nitrogen and oxygen atoms in total. The third-order valence-corrected chi connectivity index (χ3v) is 4.61. The summed E-state index contributed by atoms with van der Waals surface area (Å²) in [7, 11) is 3.85. The molecule has 1 unspecified atom stereocenters. The van der Waals surface area contributed by atoms with E-state index in [9.17, 15) is 0 Å². The van der Waals surface area contributed by atoms with Gasteiger partial charge in [-0.3, -0.25) is 4.99 Å². The molecule has 0 radical (unpaired) electrons. The molecule has 0 spiro atoms. The number of benzene rings is 2. The Morgan fingerprint density at radius 3 is 2.52 bits per heavy atom. The van der Waals surface area contributed by atoms with Gasteiger partial charge in [-0.2, -0.15) is 0 Å². The minimum Gasteiger partial charge on any atom is -0.354 e. The number of hydrogen-bond donors (Lipinski definition) is 2. The van der Waals surface area contributed by atoms with Gasteiger partial charge in [0, 0.05) is 20.1 Å². The van der Waals surface area contributed by atoms with E-state index in [2.05, 4.69) is 63.5 Å². The number of nitrogens with zero attached hydrogens (tertiary/aromatic N) is 3. The number of nitrogens with one attached hydrogen (secondary N) is 2. The highest BCUT2D eigenvalue weighted by molar-refractivity contribution is 14.0. The number of rotatable bonds is 6. The Labute approximate surface area is 178 Å². The minimum absolute atomic E-state index is 0. The second kappa shape index (κ2) is 10.3. The number of fused-ring (bicyclic) bond motifs is 1. The van der Waals surface area contributed by atoms with Crippen LogP contribution >= 0.6 is 24.0 Å². The Kier molecular flexibility index (Phi) is 8.09. The second-order valence-corrected chi connectivity index (χ2v) is 6.57. The van der Waals surface area contributed by atoms with Crippen molar-refractivity contribution in [2.24, 2.45) is 12.0 Å². The predicted molar refractivity (Wildman–Crippen MR) is 124 cm³/mol. The number of aliphatic imine (C=N–C) groups is 1. The van der Waals surface area contributed by atoms with Crippen molar-refractivity contribution in [2.75, 3.05) is 7.05 Å². The molecule has 0 aliphatic carbocycles. The zero-order chi connectivity index (χ0) is 18.4. The van der Waals surface area contributed by atoms with E-state index in [4.69, 9.17) is 4.98 Å². The standard InChI is InChI=1S/C21H27N5.HI/c1-16(13-14-17-9-5-4-6-10-17)24-21(22-2)23-15-20-25-18-11-7-8-12-19(18)26(20)3;/h4-12,16H,13-15H2,1-3H3,(H2,22,23,24);1H. The minimum atomic E-state index is 0. The number of imidazole rings is 1. The number of para-hydroxylation sites is 2. The van der Waals surface area contributed by atoms with Crippen LogP contribution in [0.5, 0.6) is 0 Å². The maximum Gasteiger partial charge on any atom is 0.191 e. The summed E-state index contributed by atoms with van der Waals surface area (Å²) >= 11 is 0. The fourth-order valence-corrected chi connectivity index (χ4v) is 3.04. The molecule has 0 amide bonds. The van der Waals surface area contributed by atoms with Crippen molar-refractivity contribution in [1.29, 1.82) is 0 Å². The van der Waals surface area contributed by atoms with Gasteiger partial charge in [-0.05, 0) is 37.5 Å². The molecule has 0 saturated heterocycles. The monoisotopic (exact) mass is 477 g/mol. The van der Waals surface area contributed by atoms with Crippen LogP contribution in [0.4, 0.5) is 0 Å². The molecule has 3 aromatic rings. The largest absolute Gasteiger partial charge is 0.354 e. The summed E-state index contributed by atoms with van der Waals surface area (Å²) in [6, 6.07) is 19.1. The van der Waals surface area contributed by atoms with Crippen LogP contribution in [0.3, 0.4) is 0 Å². The third-order valence-electron chi connectivity index (χ3n) is 4.61. The Morgan fingerprint density at radius 1 is 1.11 bits per heavy atom. The van der Waals surface area contributed by atoms with E-state index in [1.807, 2.05) is 25.2 Å². The summed E-state index contributed by atoms with van der Waals surface area (Å²) < 4.78 is 2.12. The molecule has 0 aliphatic heterocycles. The molecule has 3 rings (SSSR count). The van der Waals surface area contributed by atoms with Gasteiger partial charge >= 0.3 is 0 Å². The zero-order valence-corrected chi connectivity index (χ0v) is 18.5. The van der Waals surface area contributed by atoms with Crippen molar-refractivity contribution in [3.63, 3.8) is 0 Å². The predicted octanol–water partition coefficient (Wildman–Crippen LogP) is 3.88. The Hall–Kier alpha value is -2.09. The molecule has 0 saturated carbocycles. The average molecular weight is 477 g/mol. The highest BCUT2D eigenvalue weighted by atomic mass is 127. The van der Waals surface area contributed by atoms with Gasteiger partial charge in [0.25, 0.3) is 0 Å². The SMILES string of the molecule is CN=C(NCc1nc2ccccc2n1C)NC(C)CCc1ccccc1.I. The molecule has 6 heteroatoms. The van der Waals surface area contributed by atoms with E-state index in [-0.39, 0.29) is 24.0 Å². The summed E-state index contributed by atoms with van der Waals surface area (Å²) in [5, 5.41) is 6.83. The summed E-state index contributed by atoms with van der Waals surface area (Å²) in [5.74, 6) is 1.80. The van der Waals surface area contributed by atoms with Gasteiger partial charge in [0.1, 0.15) is 5.82 Å². The first kappa shape index (κ1) is 21.2. The van der Waals surface area contributed by atoms with E-state index in [0.717, 1.165) is 35.7 Å². The molecule has 0 fully saturated rings. The van der Waals surface area contributed by atoms with Gasteiger partial charge in [0.15, 0.2) is 5.96 Å². The van der Waals surface area contributed by atoms with Gasteiger partial charge < -0.3 is 15.2 Å². The molecule has 0 bridgehead atoms. The quantitative estimate of drug-likeness (QED) is 0.322. The van der Waals surface area contributed by atoms with Gasteiger partial charge in [-0.15, -0.1) is 24.0 Å². The fraction of sp³-hybridized carbons (Fsp3) is 0.333. The van der Waals surface area contributed by atoms with E-state index < -0.39 is 0 Å². The lowest BCUT2D eigenvalue weighted by molar-refractivity contribution is 0.590. The molecule has 1 heterocycles. The normalized spacial score (nSPS) is 12.5. The van der Waals surface area contributed by atoms with Gasteiger partial charge in [-0.25, -0.2) is 4.98 Å².